The Morgan fingerprint density at radius 2 is 1.69 bits per heavy atom. The largest absolute Gasteiger partial charge is 0.481 e. The second-order valence-corrected chi connectivity index (χ2v) is 2.77. The number of hydrogen-bond acceptors (Lipinski definition) is 3. The Hall–Kier alpha value is -0.610. The minimum Gasteiger partial charge on any atom is -0.481 e. The molecule has 0 aromatic heterocycles. The maximum Gasteiger partial charge on any atom is 0.308 e. The van der Waals surface area contributed by atoms with Crippen molar-refractivity contribution in [2.75, 3.05) is 13.2 Å². The molecule has 13 heavy (non-hydrogen) atoms. The molecule has 0 bridgehead atoms. The zero-order chi connectivity index (χ0) is 10.1. The molecule has 0 spiro atoms. The monoisotopic (exact) mass is 190 g/mol. The van der Waals surface area contributed by atoms with E-state index in [-0.39, 0.29) is 6.42 Å². The molecule has 4 heteroatoms. The third-order valence-corrected chi connectivity index (χ3v) is 1.36. The van der Waals surface area contributed by atoms with Crippen LogP contribution in [-0.4, -0.2) is 30.6 Å². The lowest BCUT2D eigenvalue weighted by atomic mass is 10.4. The van der Waals surface area contributed by atoms with E-state index in [1.807, 2.05) is 13.8 Å². The van der Waals surface area contributed by atoms with Crippen LogP contribution < -0.4 is 0 Å². The van der Waals surface area contributed by atoms with Crippen LogP contribution in [0.1, 0.15) is 33.1 Å². The predicted molar refractivity (Wildman–Crippen MR) is 48.5 cm³/mol. The first-order valence-corrected chi connectivity index (χ1v) is 4.65. The normalized spacial score (nSPS) is 10.7. The van der Waals surface area contributed by atoms with Gasteiger partial charge in [0.25, 0.3) is 0 Å². The standard InChI is InChI=1S/C9H18O4/c1-3-5-12-9(7-8(10)11)13-6-4-2/h9H,3-7H2,1-2H3,(H,10,11). The van der Waals surface area contributed by atoms with Gasteiger partial charge < -0.3 is 14.6 Å². The molecule has 0 fully saturated rings. The average molecular weight is 190 g/mol. The number of hydrogen-bond donors (Lipinski definition) is 1. The molecule has 0 aromatic rings. The van der Waals surface area contributed by atoms with E-state index in [9.17, 15) is 4.79 Å². The smallest absolute Gasteiger partial charge is 0.308 e. The molecule has 0 aliphatic carbocycles. The number of ether oxygens (including phenoxy) is 2. The summed E-state index contributed by atoms with van der Waals surface area (Å²) in [6.07, 6.45) is 1.06. The van der Waals surface area contributed by atoms with Crippen LogP contribution in [0.3, 0.4) is 0 Å². The maximum absolute atomic E-state index is 10.4. The number of aliphatic carboxylic acids is 1. The molecular formula is C9H18O4. The molecule has 0 rings (SSSR count). The van der Waals surface area contributed by atoms with Gasteiger partial charge in [0.1, 0.15) is 0 Å². The van der Waals surface area contributed by atoms with Crippen LogP contribution in [0, 0.1) is 0 Å². The molecule has 0 amide bonds. The first kappa shape index (κ1) is 12.4. The average Bonchev–Trinajstić information content (AvgIpc) is 2.09. The first-order valence-electron chi connectivity index (χ1n) is 4.65. The van der Waals surface area contributed by atoms with Crippen molar-refractivity contribution in [3.63, 3.8) is 0 Å². The van der Waals surface area contributed by atoms with Crippen molar-refractivity contribution in [3.05, 3.63) is 0 Å². The Balaban J connectivity index is 3.66. The second kappa shape index (κ2) is 8.01. The molecule has 0 saturated heterocycles. The zero-order valence-electron chi connectivity index (χ0n) is 8.28. The SMILES string of the molecule is CCCOC(CC(=O)O)OCCC. The fraction of sp³-hybridized carbons (Fsp3) is 0.889. The van der Waals surface area contributed by atoms with Gasteiger partial charge in [-0.2, -0.15) is 0 Å². The van der Waals surface area contributed by atoms with Gasteiger partial charge in [-0.15, -0.1) is 0 Å². The minimum absolute atomic E-state index is 0.0833. The molecule has 1 N–H and O–H groups in total. The Labute approximate surface area is 78.8 Å². The Kier molecular flexibility index (Phi) is 7.63. The summed E-state index contributed by atoms with van der Waals surface area (Å²) in [4.78, 5) is 10.4. The quantitative estimate of drug-likeness (QED) is 0.591. The van der Waals surface area contributed by atoms with Crippen LogP contribution in [0.25, 0.3) is 0 Å². The molecule has 0 saturated carbocycles. The summed E-state index contributed by atoms with van der Waals surface area (Å²) in [5.74, 6) is -0.891. The van der Waals surface area contributed by atoms with Crippen molar-refractivity contribution in [2.24, 2.45) is 0 Å². The molecule has 0 heterocycles. The van der Waals surface area contributed by atoms with Crippen molar-refractivity contribution in [1.29, 1.82) is 0 Å². The van der Waals surface area contributed by atoms with E-state index in [1.54, 1.807) is 0 Å². The lowest BCUT2D eigenvalue weighted by Gasteiger charge is -2.15. The highest BCUT2D eigenvalue weighted by Crippen LogP contribution is 2.02. The summed E-state index contributed by atoms with van der Waals surface area (Å²) in [7, 11) is 0. The van der Waals surface area contributed by atoms with Crippen LogP contribution in [0.15, 0.2) is 0 Å². The summed E-state index contributed by atoms with van der Waals surface area (Å²) in [5, 5.41) is 8.52. The fourth-order valence-electron chi connectivity index (χ4n) is 0.807. The van der Waals surface area contributed by atoms with Crippen molar-refractivity contribution < 1.29 is 19.4 Å². The highest BCUT2D eigenvalue weighted by atomic mass is 16.7. The van der Waals surface area contributed by atoms with E-state index in [1.165, 1.54) is 0 Å². The highest BCUT2D eigenvalue weighted by Gasteiger charge is 2.12. The van der Waals surface area contributed by atoms with Crippen molar-refractivity contribution >= 4 is 5.97 Å². The summed E-state index contributed by atoms with van der Waals surface area (Å²) in [6, 6.07) is 0. The Morgan fingerprint density at radius 3 is 2.00 bits per heavy atom. The molecular weight excluding hydrogens is 172 g/mol. The lowest BCUT2D eigenvalue weighted by Crippen LogP contribution is -2.22. The van der Waals surface area contributed by atoms with Gasteiger partial charge in [0.15, 0.2) is 6.29 Å². The van der Waals surface area contributed by atoms with Gasteiger partial charge in [-0.25, -0.2) is 0 Å². The maximum atomic E-state index is 10.4. The number of carboxylic acids is 1. The van der Waals surface area contributed by atoms with Crippen LogP contribution in [0.5, 0.6) is 0 Å². The summed E-state index contributed by atoms with van der Waals surface area (Å²) in [5.41, 5.74) is 0. The number of carboxylic acid groups (broad SMARTS) is 1. The topological polar surface area (TPSA) is 55.8 Å². The van der Waals surface area contributed by atoms with Crippen molar-refractivity contribution in [3.8, 4) is 0 Å². The zero-order valence-corrected chi connectivity index (χ0v) is 8.28. The Bertz CT molecular complexity index is 128. The van der Waals surface area contributed by atoms with E-state index < -0.39 is 12.3 Å². The van der Waals surface area contributed by atoms with Crippen LogP contribution in [0.4, 0.5) is 0 Å². The van der Waals surface area contributed by atoms with Gasteiger partial charge in [-0.1, -0.05) is 13.8 Å². The van der Waals surface area contributed by atoms with Crippen LogP contribution in [-0.2, 0) is 14.3 Å². The second-order valence-electron chi connectivity index (χ2n) is 2.77. The van der Waals surface area contributed by atoms with Crippen molar-refractivity contribution in [2.45, 2.75) is 39.4 Å². The van der Waals surface area contributed by atoms with Gasteiger partial charge >= 0.3 is 5.97 Å². The Morgan fingerprint density at radius 1 is 1.23 bits per heavy atom. The molecule has 4 nitrogen and oxygen atoms in total. The molecule has 0 aromatic carbocycles. The predicted octanol–water partition coefficient (Wildman–Crippen LogP) is 1.64. The molecule has 0 aliphatic heterocycles. The molecule has 0 unspecified atom stereocenters. The molecule has 0 aliphatic rings. The summed E-state index contributed by atoms with van der Waals surface area (Å²) < 4.78 is 10.4. The van der Waals surface area contributed by atoms with E-state index in [0.29, 0.717) is 13.2 Å². The van der Waals surface area contributed by atoms with Crippen LogP contribution >= 0.6 is 0 Å². The van der Waals surface area contributed by atoms with E-state index in [0.717, 1.165) is 12.8 Å². The van der Waals surface area contributed by atoms with Crippen molar-refractivity contribution in [1.82, 2.24) is 0 Å². The van der Waals surface area contributed by atoms with Gasteiger partial charge in [0.2, 0.25) is 0 Å². The third kappa shape index (κ3) is 7.74. The highest BCUT2D eigenvalue weighted by molar-refractivity contribution is 5.67. The third-order valence-electron chi connectivity index (χ3n) is 1.36. The molecule has 78 valence electrons. The molecule has 0 radical (unpaired) electrons. The fourth-order valence-corrected chi connectivity index (χ4v) is 0.807. The van der Waals surface area contributed by atoms with Gasteiger partial charge in [0, 0.05) is 13.2 Å². The van der Waals surface area contributed by atoms with E-state index in [4.69, 9.17) is 14.6 Å². The molecule has 0 atom stereocenters. The van der Waals surface area contributed by atoms with E-state index >= 15 is 0 Å². The summed E-state index contributed by atoms with van der Waals surface area (Å²) in [6.45, 7) is 5.03. The summed E-state index contributed by atoms with van der Waals surface area (Å²) >= 11 is 0. The van der Waals surface area contributed by atoms with Gasteiger partial charge in [-0.05, 0) is 12.8 Å². The number of carbonyl (C=O) groups is 1. The van der Waals surface area contributed by atoms with Gasteiger partial charge in [-0.3, -0.25) is 4.79 Å². The lowest BCUT2D eigenvalue weighted by molar-refractivity contribution is -0.166. The van der Waals surface area contributed by atoms with E-state index in [2.05, 4.69) is 0 Å². The minimum atomic E-state index is -0.891. The number of rotatable bonds is 8. The first-order chi connectivity index (χ1) is 6.20. The van der Waals surface area contributed by atoms with Gasteiger partial charge in [0.05, 0.1) is 6.42 Å². The van der Waals surface area contributed by atoms with Crippen LogP contribution in [0.2, 0.25) is 0 Å².